The molecule has 4 heavy (non-hydrogen) atoms. The first kappa shape index (κ1) is 36.9. The van der Waals surface area contributed by atoms with Gasteiger partial charge in [0.25, 0.3) is 0 Å². The van der Waals surface area contributed by atoms with Gasteiger partial charge in [-0.3, -0.25) is 0 Å². The molecule has 0 spiro atoms. The third-order valence-electron chi connectivity index (χ3n) is 0. The molecule has 0 bridgehead atoms. The van der Waals surface area contributed by atoms with Crippen LogP contribution in [0.15, 0.2) is 0 Å². The zero-order valence-electron chi connectivity index (χ0n) is 0.408. The number of hydrogen-bond acceptors (Lipinski definition) is 0. The second-order valence-electron chi connectivity index (χ2n) is 0. The summed E-state index contributed by atoms with van der Waals surface area (Å²) in [4.78, 5) is 0. The van der Waals surface area contributed by atoms with E-state index in [1.54, 1.807) is 0 Å². The SMILES string of the molecule is Cl.[AlH3].[NaH].[SiH4]. The molecule has 0 aromatic carbocycles. The Hall–Kier alpha value is 2.04. The molecule has 0 aliphatic rings. The van der Waals surface area contributed by atoms with Crippen LogP contribution in [-0.2, 0) is 0 Å². The van der Waals surface area contributed by atoms with Crippen LogP contribution in [0.25, 0.3) is 0 Å². The molecule has 0 N–H and O–H groups in total. The third kappa shape index (κ3) is 8.97. The maximum atomic E-state index is 0. The second-order valence-corrected chi connectivity index (χ2v) is 0. The Morgan fingerprint density at radius 2 is 1.00 bits per heavy atom. The molecule has 0 aliphatic heterocycles. The Morgan fingerprint density at radius 3 is 1.00 bits per heavy atom. The molecule has 0 radical (unpaired) electrons. The van der Waals surface area contributed by atoms with Crippen LogP contribution in [0, 0.1) is 0 Å². The Balaban J connectivity index is 0. The van der Waals surface area contributed by atoms with Gasteiger partial charge >= 0.3 is 29.6 Å². The van der Waals surface area contributed by atoms with Gasteiger partial charge in [-0.15, -0.1) is 12.4 Å². The van der Waals surface area contributed by atoms with Gasteiger partial charge in [0.2, 0.25) is 0 Å². The molecular formula is H9AlClNaSi. The topological polar surface area (TPSA) is 0 Å². The van der Waals surface area contributed by atoms with E-state index < -0.39 is 0 Å². The summed E-state index contributed by atoms with van der Waals surface area (Å²) in [5.74, 6) is 0. The van der Waals surface area contributed by atoms with Crippen molar-refractivity contribution in [1.82, 2.24) is 0 Å². The minimum Gasteiger partial charge on any atom is -0.0149 e. The van der Waals surface area contributed by atoms with Crippen LogP contribution in [0.5, 0.6) is 0 Å². The molecule has 0 atom stereocenters. The minimum absolute atomic E-state index is 0. The van der Waals surface area contributed by atoms with E-state index in [4.69, 9.17) is 0 Å². The van der Waals surface area contributed by atoms with Crippen molar-refractivity contribution in [2.75, 3.05) is 0 Å². The van der Waals surface area contributed by atoms with Crippen LogP contribution in [-0.4, -0.2) is 57.9 Å². The summed E-state index contributed by atoms with van der Waals surface area (Å²) >= 11 is 0. The summed E-state index contributed by atoms with van der Waals surface area (Å²) in [7, 11) is 0. The van der Waals surface area contributed by atoms with E-state index in [0.29, 0.717) is 0 Å². The molecule has 0 nitrogen and oxygen atoms in total. The van der Waals surface area contributed by atoms with Crippen molar-refractivity contribution in [2.45, 2.75) is 0 Å². The van der Waals surface area contributed by atoms with E-state index in [1.807, 2.05) is 0 Å². The van der Waals surface area contributed by atoms with Gasteiger partial charge in [0.15, 0.2) is 17.4 Å². The summed E-state index contributed by atoms with van der Waals surface area (Å²) in [5, 5.41) is 0. The molecule has 4 heteroatoms. The molecule has 0 aromatic rings. The quantitative estimate of drug-likeness (QED) is 0.303. The molecule has 0 aromatic heterocycles. The summed E-state index contributed by atoms with van der Waals surface area (Å²) in [5.41, 5.74) is 0. The fourth-order valence-electron chi connectivity index (χ4n) is 0. The van der Waals surface area contributed by atoms with Crippen LogP contribution in [0.4, 0.5) is 0 Å². The molecule has 0 saturated heterocycles. The van der Waals surface area contributed by atoms with Gasteiger partial charge in [-0.2, -0.15) is 0 Å². The summed E-state index contributed by atoms with van der Waals surface area (Å²) in [6.45, 7) is 0. The van der Waals surface area contributed by atoms with Crippen LogP contribution in [0.1, 0.15) is 0 Å². The molecular weight excluding hydrogens is 114 g/mol. The Morgan fingerprint density at radius 1 is 1.00 bits per heavy atom. The predicted octanol–water partition coefficient (Wildman–Crippen LogP) is -2.86. The van der Waals surface area contributed by atoms with E-state index in [-0.39, 0.29) is 70.3 Å². The molecule has 0 saturated carbocycles. The Kier molecular flexibility index (Phi) is 182. The van der Waals surface area contributed by atoms with Crippen molar-refractivity contribution in [3.8, 4) is 0 Å². The maximum absolute atomic E-state index is 0. The van der Waals surface area contributed by atoms with E-state index in [0.717, 1.165) is 0 Å². The number of halogens is 1. The second kappa shape index (κ2) is 19.8. The monoisotopic (exact) mass is 122 g/mol. The fourth-order valence-corrected chi connectivity index (χ4v) is 0. The van der Waals surface area contributed by atoms with Crippen molar-refractivity contribution >= 4 is 70.3 Å². The fraction of sp³-hybridized carbons (Fsp3) is 0. The van der Waals surface area contributed by atoms with Gasteiger partial charge in [0.05, 0.1) is 0 Å². The first-order valence-electron chi connectivity index (χ1n) is 0. The van der Waals surface area contributed by atoms with Crippen molar-refractivity contribution in [3.63, 3.8) is 0 Å². The number of rotatable bonds is 0. The van der Waals surface area contributed by atoms with Gasteiger partial charge < -0.3 is 0 Å². The minimum atomic E-state index is 0. The molecule has 0 aliphatic carbocycles. The third-order valence-corrected chi connectivity index (χ3v) is 0. The van der Waals surface area contributed by atoms with Crippen LogP contribution < -0.4 is 0 Å². The van der Waals surface area contributed by atoms with Crippen molar-refractivity contribution in [1.29, 1.82) is 0 Å². The molecule has 0 unspecified atom stereocenters. The maximum Gasteiger partial charge on any atom is -0.0149 e. The molecule has 0 rings (SSSR count). The van der Waals surface area contributed by atoms with Gasteiger partial charge in [-0.05, 0) is 11.0 Å². The summed E-state index contributed by atoms with van der Waals surface area (Å²) in [6, 6.07) is 0. The predicted molar refractivity (Wildman–Crippen MR) is 35.7 cm³/mol. The first-order valence-corrected chi connectivity index (χ1v) is 0. The summed E-state index contributed by atoms with van der Waals surface area (Å²) < 4.78 is 0. The van der Waals surface area contributed by atoms with Gasteiger partial charge in [0.1, 0.15) is 0 Å². The van der Waals surface area contributed by atoms with Crippen molar-refractivity contribution < 1.29 is 0 Å². The summed E-state index contributed by atoms with van der Waals surface area (Å²) in [6.07, 6.45) is 0. The average Bonchev–Trinajstić information content (AvgIpc) is 0. The van der Waals surface area contributed by atoms with Crippen LogP contribution >= 0.6 is 12.4 Å². The Bertz CT molecular complexity index is 8.00. The standard InChI is InChI=1S/Al.ClH.Na.H4Si.4H/h;1H;;1H4;;;;. The van der Waals surface area contributed by atoms with Crippen molar-refractivity contribution in [2.24, 2.45) is 0 Å². The zero-order chi connectivity index (χ0) is 0. The zero-order valence-corrected chi connectivity index (χ0v) is 1.22. The molecule has 0 fully saturated rings. The van der Waals surface area contributed by atoms with Crippen LogP contribution in [0.2, 0.25) is 0 Å². The molecule has 0 amide bonds. The first-order chi connectivity index (χ1) is 0. The Labute approximate surface area is 69.6 Å². The molecule has 0 heterocycles. The van der Waals surface area contributed by atoms with E-state index >= 15 is 0 Å². The normalized spacial score (nSPS) is 0. The van der Waals surface area contributed by atoms with E-state index in [2.05, 4.69) is 0 Å². The largest absolute Gasteiger partial charge is 0.0149 e. The smallest absolute Gasteiger partial charge is 0.0149 e. The van der Waals surface area contributed by atoms with Crippen LogP contribution in [0.3, 0.4) is 0 Å². The molecule has 24 valence electrons. The van der Waals surface area contributed by atoms with Crippen molar-refractivity contribution in [3.05, 3.63) is 0 Å². The van der Waals surface area contributed by atoms with Gasteiger partial charge in [-0.1, -0.05) is 0 Å². The van der Waals surface area contributed by atoms with Gasteiger partial charge in [-0.25, -0.2) is 0 Å². The van der Waals surface area contributed by atoms with Gasteiger partial charge in [0, 0.05) is 0 Å². The number of hydrogen-bond donors (Lipinski definition) is 0. The van der Waals surface area contributed by atoms with E-state index in [1.165, 1.54) is 0 Å². The average molecular weight is 123 g/mol. The van der Waals surface area contributed by atoms with E-state index in [9.17, 15) is 0 Å².